The van der Waals surface area contributed by atoms with Crippen molar-refractivity contribution in [1.82, 2.24) is 41.0 Å². The van der Waals surface area contributed by atoms with Crippen molar-refractivity contribution in [1.29, 1.82) is 0 Å². The van der Waals surface area contributed by atoms with Crippen molar-refractivity contribution in [2.24, 2.45) is 0 Å². The average molecular weight is 604 g/mol. The summed E-state index contributed by atoms with van der Waals surface area (Å²) in [5, 5.41) is 102. The SMILES string of the molecule is O=[N+]([O-])C(CNc1nonc1Nc1nnc(Nc2nonc2NCC([N+](=O)[O-])([N+](=O)[O-])[N+](=O)[O-])nn1)([N+](=O)[O-])[N+](=O)[O-]. The van der Waals surface area contributed by atoms with E-state index in [-0.39, 0.29) is 0 Å². The molecule has 0 saturated heterocycles. The Morgan fingerprint density at radius 3 is 1.02 bits per heavy atom. The third kappa shape index (κ3) is 5.35. The predicted molar refractivity (Wildman–Crippen MR) is 117 cm³/mol. The molecule has 0 atom stereocenters. The molecule has 0 fully saturated rings. The van der Waals surface area contributed by atoms with Gasteiger partial charge >= 0.3 is 11.6 Å². The van der Waals surface area contributed by atoms with Crippen LogP contribution in [0.2, 0.25) is 0 Å². The normalized spacial score (nSPS) is 11.2. The van der Waals surface area contributed by atoms with Crippen molar-refractivity contribution < 1.29 is 38.8 Å². The molecule has 0 aliphatic carbocycles. The average Bonchev–Trinajstić information content (AvgIpc) is 3.53. The molecule has 0 radical (unpaired) electrons. The Balaban J connectivity index is 1.69. The molecule has 0 bridgehead atoms. The van der Waals surface area contributed by atoms with Gasteiger partial charge in [0.25, 0.3) is 11.9 Å². The molecule has 222 valence electrons. The highest BCUT2D eigenvalue weighted by Crippen LogP contribution is 2.23. The van der Waals surface area contributed by atoms with E-state index >= 15 is 0 Å². The molecule has 3 aromatic heterocycles. The highest BCUT2D eigenvalue weighted by molar-refractivity contribution is 5.64. The summed E-state index contributed by atoms with van der Waals surface area (Å²) < 4.78 is 8.72. The summed E-state index contributed by atoms with van der Waals surface area (Å²) in [6.45, 7) is -3.01. The topological polar surface area (TPSA) is 436 Å². The van der Waals surface area contributed by atoms with Gasteiger partial charge in [0.05, 0.1) is 0 Å². The zero-order valence-corrected chi connectivity index (χ0v) is 19.4. The van der Waals surface area contributed by atoms with Crippen molar-refractivity contribution in [3.8, 4) is 0 Å². The molecule has 3 aromatic rings. The van der Waals surface area contributed by atoms with E-state index in [1.165, 1.54) is 0 Å². The Morgan fingerprint density at radius 2 is 0.762 bits per heavy atom. The summed E-state index contributed by atoms with van der Waals surface area (Å²) in [6, 6.07) is 0. The van der Waals surface area contributed by atoms with E-state index in [2.05, 4.69) is 60.9 Å². The quantitative estimate of drug-likeness (QED) is 0.0734. The minimum atomic E-state index is -3.88. The summed E-state index contributed by atoms with van der Waals surface area (Å²) in [6.07, 6.45) is 0. The monoisotopic (exact) mass is 604 g/mol. The maximum Gasteiger partial charge on any atom is 0.717 e. The van der Waals surface area contributed by atoms with E-state index in [4.69, 9.17) is 0 Å². The number of hydrogen-bond donors (Lipinski definition) is 4. The Hall–Kier alpha value is -7.18. The van der Waals surface area contributed by atoms with E-state index in [0.29, 0.717) is 0 Å². The predicted octanol–water partition coefficient (Wildman–Crippen LogP) is -2.69. The summed E-state index contributed by atoms with van der Waals surface area (Å²) in [7, 11) is 0. The van der Waals surface area contributed by atoms with Gasteiger partial charge in [-0.2, -0.15) is 0 Å². The summed E-state index contributed by atoms with van der Waals surface area (Å²) >= 11 is 0. The van der Waals surface area contributed by atoms with Crippen molar-refractivity contribution in [3.63, 3.8) is 0 Å². The van der Waals surface area contributed by atoms with Crippen LogP contribution in [0, 0.1) is 60.7 Å². The molecule has 4 N–H and O–H groups in total. The molecule has 42 heavy (non-hydrogen) atoms. The molecule has 0 aliphatic rings. The molecule has 0 saturated carbocycles. The summed E-state index contributed by atoms with van der Waals surface area (Å²) in [4.78, 5) is 55.8. The third-order valence-electron chi connectivity index (χ3n) is 4.66. The molecule has 32 nitrogen and oxygen atoms in total. The lowest BCUT2D eigenvalue weighted by Gasteiger charge is -2.10. The zero-order valence-electron chi connectivity index (χ0n) is 19.4. The lowest BCUT2D eigenvalue weighted by molar-refractivity contribution is -0.965. The van der Waals surface area contributed by atoms with Crippen LogP contribution in [0.25, 0.3) is 0 Å². The number of aromatic nitrogens is 8. The van der Waals surface area contributed by atoms with Crippen LogP contribution in [-0.4, -0.2) is 95.2 Å². The number of anilines is 6. The summed E-state index contributed by atoms with van der Waals surface area (Å²) in [5.41, 5.74) is 0. The standard InChI is InChI=1S/C10H8N18O14/c29-23(30)9(24(31)32,25(33)34)1-11-3-5(21-41-19-3)13-7-15-17-8(18-16-7)14-6-4(20-42-22-6)12-2-10(26(35)36,27(37)38)28(39)40/h1-2H2,(H,11,19)(H,12,20)(H,13,15,16,21)(H,14,17,18,22). The molecule has 32 heteroatoms. The van der Waals surface area contributed by atoms with Crippen LogP contribution in [0.3, 0.4) is 0 Å². The van der Waals surface area contributed by atoms with Crippen LogP contribution in [0.5, 0.6) is 0 Å². The van der Waals surface area contributed by atoms with Gasteiger partial charge in [-0.3, -0.25) is 60.7 Å². The molecule has 3 heterocycles. The van der Waals surface area contributed by atoms with Gasteiger partial charge in [-0.1, -0.05) is 0 Å². The number of rotatable bonds is 16. The maximum absolute atomic E-state index is 11.0. The minimum Gasteiger partial charge on any atom is -0.343 e. The van der Waals surface area contributed by atoms with Gasteiger partial charge in [-0.05, 0) is 20.6 Å². The molecule has 0 spiro atoms. The van der Waals surface area contributed by atoms with Crippen LogP contribution in [-0.2, 0) is 0 Å². The van der Waals surface area contributed by atoms with Gasteiger partial charge in [-0.25, -0.2) is 9.26 Å². The van der Waals surface area contributed by atoms with Crippen LogP contribution in [0.15, 0.2) is 9.26 Å². The van der Waals surface area contributed by atoms with Crippen LogP contribution in [0.1, 0.15) is 0 Å². The van der Waals surface area contributed by atoms with Crippen LogP contribution in [0.4, 0.5) is 35.2 Å². The lowest BCUT2D eigenvalue weighted by Crippen LogP contribution is -2.58. The van der Waals surface area contributed by atoms with Crippen molar-refractivity contribution in [3.05, 3.63) is 60.7 Å². The summed E-state index contributed by atoms with van der Waals surface area (Å²) in [5.74, 6) is -10.9. The van der Waals surface area contributed by atoms with E-state index in [0.717, 1.165) is 0 Å². The van der Waals surface area contributed by atoms with E-state index in [1.807, 2.05) is 10.6 Å². The van der Waals surface area contributed by atoms with Gasteiger partial charge in [0, 0.05) is 0 Å². The molecule has 0 aliphatic heterocycles. The second-order valence-electron chi connectivity index (χ2n) is 7.02. The van der Waals surface area contributed by atoms with Crippen LogP contribution < -0.4 is 21.3 Å². The van der Waals surface area contributed by atoms with Gasteiger partial charge < -0.3 is 21.3 Å². The third-order valence-corrected chi connectivity index (χ3v) is 4.66. The first kappa shape index (κ1) is 29.4. The van der Waals surface area contributed by atoms with Crippen molar-refractivity contribution in [2.45, 2.75) is 11.6 Å². The molecule has 0 unspecified atom stereocenters. The Kier molecular flexibility index (Phi) is 7.89. The smallest absolute Gasteiger partial charge is 0.343 e. The minimum absolute atomic E-state index is 0.485. The van der Waals surface area contributed by atoms with Gasteiger partial charge in [-0.15, -0.1) is 20.4 Å². The highest BCUT2D eigenvalue weighted by Gasteiger charge is 2.71. The highest BCUT2D eigenvalue weighted by atomic mass is 16.7. The molecular formula is C10H8N18O14. The van der Waals surface area contributed by atoms with E-state index < -0.39 is 89.4 Å². The Bertz CT molecular complexity index is 1350. The van der Waals surface area contributed by atoms with Crippen molar-refractivity contribution in [2.75, 3.05) is 34.4 Å². The fourth-order valence-corrected chi connectivity index (χ4v) is 2.51. The maximum atomic E-state index is 11.0. The van der Waals surface area contributed by atoms with Crippen molar-refractivity contribution >= 4 is 35.2 Å². The first-order valence-corrected chi connectivity index (χ1v) is 9.87. The number of nitrogens with one attached hydrogen (secondary N) is 4. The Labute approximate surface area is 222 Å². The van der Waals surface area contributed by atoms with Gasteiger partial charge in [0.2, 0.25) is 36.4 Å². The second kappa shape index (κ2) is 11.3. The number of nitrogens with zero attached hydrogens (tertiary/aromatic N) is 14. The fraction of sp³-hybridized carbons (Fsp3) is 0.400. The molecule has 0 amide bonds. The lowest BCUT2D eigenvalue weighted by atomic mass is 10.3. The number of nitro groups is 6. The van der Waals surface area contributed by atoms with E-state index in [9.17, 15) is 60.7 Å². The molecule has 3 rings (SSSR count). The number of hydrogen-bond acceptors (Lipinski definition) is 26. The Morgan fingerprint density at radius 1 is 0.500 bits per heavy atom. The van der Waals surface area contributed by atoms with Gasteiger partial charge in [0.1, 0.15) is 0 Å². The van der Waals surface area contributed by atoms with Crippen LogP contribution >= 0.6 is 0 Å². The second-order valence-corrected chi connectivity index (χ2v) is 7.02. The first-order valence-electron chi connectivity index (χ1n) is 9.87. The van der Waals surface area contributed by atoms with Gasteiger partial charge in [0.15, 0.2) is 29.5 Å². The van der Waals surface area contributed by atoms with E-state index in [1.54, 1.807) is 0 Å². The molecule has 0 aromatic carbocycles. The zero-order chi connectivity index (χ0) is 31.2. The first-order chi connectivity index (χ1) is 19.7. The molecular weight excluding hydrogens is 596 g/mol. The fourth-order valence-electron chi connectivity index (χ4n) is 2.51. The largest absolute Gasteiger partial charge is 0.717 e.